The van der Waals surface area contributed by atoms with Crippen LogP contribution in [0.25, 0.3) is 0 Å². The molecule has 0 aliphatic carbocycles. The number of hydrogen-bond donors (Lipinski definition) is 2. The summed E-state index contributed by atoms with van der Waals surface area (Å²) in [5.41, 5.74) is 8.91. The van der Waals surface area contributed by atoms with E-state index < -0.39 is 0 Å². The zero-order valence-corrected chi connectivity index (χ0v) is 12.0. The maximum Gasteiger partial charge on any atom is 0.251 e. The quantitative estimate of drug-likeness (QED) is 0.845. The molecule has 0 saturated heterocycles. The van der Waals surface area contributed by atoms with E-state index in [4.69, 9.17) is 10.5 Å². The molecule has 0 fully saturated rings. The van der Waals surface area contributed by atoms with Gasteiger partial charge < -0.3 is 15.8 Å². The predicted octanol–water partition coefficient (Wildman–Crippen LogP) is 1.62. The van der Waals surface area contributed by atoms with Gasteiger partial charge in [-0.2, -0.15) is 0 Å². The molecule has 0 saturated carbocycles. The summed E-state index contributed by atoms with van der Waals surface area (Å²) < 4.78 is 5.10. The molecule has 1 amide bonds. The van der Waals surface area contributed by atoms with Crippen LogP contribution in [0.3, 0.4) is 0 Å². The van der Waals surface area contributed by atoms with Crippen molar-refractivity contribution in [2.45, 2.75) is 19.7 Å². The van der Waals surface area contributed by atoms with Crippen LogP contribution in [0.2, 0.25) is 0 Å². The first-order valence-electron chi connectivity index (χ1n) is 6.73. The van der Waals surface area contributed by atoms with Gasteiger partial charge in [-0.05, 0) is 23.3 Å². The van der Waals surface area contributed by atoms with Gasteiger partial charge in [0, 0.05) is 32.0 Å². The number of nitrogens with zero attached hydrogens (tertiary/aromatic N) is 1. The Bertz CT molecular complexity index is 614. The standard InChI is InChI=1S/C16H19N3O2/c1-21-11-13-4-2-3-12(7-13)10-19-16(20)14-5-6-18-15(8-14)9-17/h2-8H,9-11,17H2,1H3,(H,19,20). The van der Waals surface area contributed by atoms with E-state index in [1.165, 1.54) is 0 Å². The molecule has 3 N–H and O–H groups in total. The zero-order valence-electron chi connectivity index (χ0n) is 12.0. The monoisotopic (exact) mass is 285 g/mol. The van der Waals surface area contributed by atoms with Crippen LogP contribution in [0, 0.1) is 0 Å². The maximum atomic E-state index is 12.1. The normalized spacial score (nSPS) is 10.4. The van der Waals surface area contributed by atoms with Gasteiger partial charge in [-0.3, -0.25) is 9.78 Å². The molecule has 0 aliphatic rings. The van der Waals surface area contributed by atoms with Crippen molar-refractivity contribution >= 4 is 5.91 Å². The highest BCUT2D eigenvalue weighted by Crippen LogP contribution is 2.07. The largest absolute Gasteiger partial charge is 0.380 e. The first kappa shape index (κ1) is 15.2. The van der Waals surface area contributed by atoms with Gasteiger partial charge >= 0.3 is 0 Å². The van der Waals surface area contributed by atoms with Crippen molar-refractivity contribution < 1.29 is 9.53 Å². The number of ether oxygens (including phenoxy) is 1. The van der Waals surface area contributed by atoms with E-state index >= 15 is 0 Å². The van der Waals surface area contributed by atoms with Gasteiger partial charge in [-0.1, -0.05) is 24.3 Å². The third-order valence-corrected chi connectivity index (χ3v) is 3.04. The molecule has 2 rings (SSSR count). The van der Waals surface area contributed by atoms with Gasteiger partial charge in [-0.25, -0.2) is 0 Å². The van der Waals surface area contributed by atoms with Crippen molar-refractivity contribution in [2.24, 2.45) is 5.73 Å². The molecule has 0 radical (unpaired) electrons. The lowest BCUT2D eigenvalue weighted by Crippen LogP contribution is -2.23. The first-order valence-corrected chi connectivity index (χ1v) is 6.73. The number of carbonyl (C=O) groups excluding carboxylic acids is 1. The van der Waals surface area contributed by atoms with E-state index in [1.807, 2.05) is 24.3 Å². The van der Waals surface area contributed by atoms with Crippen LogP contribution in [-0.2, 0) is 24.4 Å². The Balaban J connectivity index is 1.98. The number of amides is 1. The summed E-state index contributed by atoms with van der Waals surface area (Å²) in [5.74, 6) is -0.135. The summed E-state index contributed by atoms with van der Waals surface area (Å²) in [7, 11) is 1.66. The number of pyridine rings is 1. The highest BCUT2D eigenvalue weighted by atomic mass is 16.5. The second-order valence-electron chi connectivity index (χ2n) is 4.68. The van der Waals surface area contributed by atoms with Crippen LogP contribution >= 0.6 is 0 Å². The Hall–Kier alpha value is -2.24. The smallest absolute Gasteiger partial charge is 0.251 e. The van der Waals surface area contributed by atoms with Crippen molar-refractivity contribution in [1.82, 2.24) is 10.3 Å². The van der Waals surface area contributed by atoms with Crippen LogP contribution < -0.4 is 11.1 Å². The zero-order chi connectivity index (χ0) is 15.1. The van der Waals surface area contributed by atoms with Gasteiger partial charge in [-0.15, -0.1) is 0 Å². The van der Waals surface area contributed by atoms with Crippen LogP contribution in [0.15, 0.2) is 42.6 Å². The van der Waals surface area contributed by atoms with Crippen molar-refractivity contribution in [3.05, 3.63) is 65.0 Å². The topological polar surface area (TPSA) is 77.2 Å². The number of hydrogen-bond acceptors (Lipinski definition) is 4. The van der Waals surface area contributed by atoms with E-state index in [9.17, 15) is 4.79 Å². The molecule has 0 bridgehead atoms. The molecule has 110 valence electrons. The fourth-order valence-corrected chi connectivity index (χ4v) is 2.01. The lowest BCUT2D eigenvalue weighted by atomic mass is 10.1. The molecular formula is C16H19N3O2. The molecular weight excluding hydrogens is 266 g/mol. The average Bonchev–Trinajstić information content (AvgIpc) is 2.53. The molecule has 0 unspecified atom stereocenters. The van der Waals surface area contributed by atoms with E-state index in [-0.39, 0.29) is 5.91 Å². The number of nitrogens with one attached hydrogen (secondary N) is 1. The number of methoxy groups -OCH3 is 1. The second kappa shape index (κ2) is 7.52. The molecule has 0 aliphatic heterocycles. The minimum absolute atomic E-state index is 0.135. The van der Waals surface area contributed by atoms with Gasteiger partial charge in [0.15, 0.2) is 0 Å². The molecule has 5 nitrogen and oxygen atoms in total. The fourth-order valence-electron chi connectivity index (χ4n) is 2.01. The van der Waals surface area contributed by atoms with Crippen LogP contribution in [0.1, 0.15) is 27.2 Å². The van der Waals surface area contributed by atoms with Gasteiger partial charge in [0.1, 0.15) is 0 Å². The Labute approximate surface area is 124 Å². The van der Waals surface area contributed by atoms with Crippen molar-refractivity contribution in [3.8, 4) is 0 Å². The summed E-state index contributed by atoms with van der Waals surface area (Å²) in [6, 6.07) is 11.3. The number of rotatable bonds is 6. The Morgan fingerprint density at radius 1 is 1.29 bits per heavy atom. The van der Waals surface area contributed by atoms with E-state index in [1.54, 1.807) is 25.4 Å². The Morgan fingerprint density at radius 2 is 2.10 bits per heavy atom. The summed E-state index contributed by atoms with van der Waals surface area (Å²) in [6.07, 6.45) is 1.59. The third kappa shape index (κ3) is 4.37. The van der Waals surface area contributed by atoms with Crippen LogP contribution in [0.5, 0.6) is 0 Å². The molecule has 0 atom stereocenters. The van der Waals surface area contributed by atoms with Crippen LogP contribution in [-0.4, -0.2) is 18.0 Å². The van der Waals surface area contributed by atoms with E-state index in [0.29, 0.717) is 31.0 Å². The summed E-state index contributed by atoms with van der Waals surface area (Å²) >= 11 is 0. The number of nitrogens with two attached hydrogens (primary N) is 1. The lowest BCUT2D eigenvalue weighted by Gasteiger charge is -2.08. The molecule has 2 aromatic rings. The predicted molar refractivity (Wildman–Crippen MR) is 80.5 cm³/mol. The van der Waals surface area contributed by atoms with Gasteiger partial charge in [0.25, 0.3) is 5.91 Å². The Kier molecular flexibility index (Phi) is 5.43. The SMILES string of the molecule is COCc1cccc(CNC(=O)c2ccnc(CN)c2)c1. The van der Waals surface area contributed by atoms with Gasteiger partial charge in [0.05, 0.1) is 12.3 Å². The summed E-state index contributed by atoms with van der Waals surface area (Å²) in [6.45, 7) is 1.35. The molecule has 1 aromatic heterocycles. The van der Waals surface area contributed by atoms with Crippen molar-refractivity contribution in [1.29, 1.82) is 0 Å². The molecule has 21 heavy (non-hydrogen) atoms. The Morgan fingerprint density at radius 3 is 2.86 bits per heavy atom. The molecule has 5 heteroatoms. The minimum atomic E-state index is -0.135. The fraction of sp³-hybridized carbons (Fsp3) is 0.250. The highest BCUT2D eigenvalue weighted by Gasteiger charge is 2.06. The number of carbonyl (C=O) groups is 1. The first-order chi connectivity index (χ1) is 10.2. The maximum absolute atomic E-state index is 12.1. The number of benzene rings is 1. The molecule has 0 spiro atoms. The van der Waals surface area contributed by atoms with Crippen LogP contribution in [0.4, 0.5) is 0 Å². The van der Waals surface area contributed by atoms with Gasteiger partial charge in [0.2, 0.25) is 0 Å². The summed E-state index contributed by atoms with van der Waals surface area (Å²) in [4.78, 5) is 16.2. The lowest BCUT2D eigenvalue weighted by molar-refractivity contribution is 0.0950. The third-order valence-electron chi connectivity index (χ3n) is 3.04. The van der Waals surface area contributed by atoms with Crippen molar-refractivity contribution in [2.75, 3.05) is 7.11 Å². The highest BCUT2D eigenvalue weighted by molar-refractivity contribution is 5.94. The molecule has 1 heterocycles. The number of aromatic nitrogens is 1. The van der Waals surface area contributed by atoms with Crippen molar-refractivity contribution in [3.63, 3.8) is 0 Å². The van der Waals surface area contributed by atoms with E-state index in [2.05, 4.69) is 10.3 Å². The second-order valence-corrected chi connectivity index (χ2v) is 4.68. The summed E-state index contributed by atoms with van der Waals surface area (Å²) in [5, 5.41) is 2.89. The molecule has 1 aromatic carbocycles. The minimum Gasteiger partial charge on any atom is -0.380 e. The van der Waals surface area contributed by atoms with E-state index in [0.717, 1.165) is 11.1 Å². The average molecular weight is 285 g/mol.